The Labute approximate surface area is 94.6 Å². The summed E-state index contributed by atoms with van der Waals surface area (Å²) in [5, 5.41) is 0. The number of nitrogens with two attached hydrogens (primary N) is 1. The number of aromatic nitrogens is 2. The SMILES string of the molecule is CCOC(=O)C1CCn2cc(CN)nc2C1. The van der Waals surface area contributed by atoms with Crippen LogP contribution in [0.15, 0.2) is 6.20 Å². The zero-order valence-electron chi connectivity index (χ0n) is 9.48. The van der Waals surface area contributed by atoms with E-state index in [0.29, 0.717) is 19.6 Å². The van der Waals surface area contributed by atoms with Gasteiger partial charge in [0.15, 0.2) is 0 Å². The third-order valence-corrected chi connectivity index (χ3v) is 2.89. The van der Waals surface area contributed by atoms with Crippen molar-refractivity contribution in [3.05, 3.63) is 17.7 Å². The number of hydrogen-bond donors (Lipinski definition) is 1. The minimum absolute atomic E-state index is 0.0412. The molecule has 2 heterocycles. The van der Waals surface area contributed by atoms with E-state index in [1.54, 1.807) is 0 Å². The molecule has 0 saturated carbocycles. The summed E-state index contributed by atoms with van der Waals surface area (Å²) in [5.41, 5.74) is 6.42. The molecule has 5 nitrogen and oxygen atoms in total. The molecule has 88 valence electrons. The second-order valence-corrected chi connectivity index (χ2v) is 3.99. The molecule has 1 aliphatic heterocycles. The van der Waals surface area contributed by atoms with E-state index in [9.17, 15) is 4.79 Å². The summed E-state index contributed by atoms with van der Waals surface area (Å²) in [6.07, 6.45) is 3.46. The Bertz CT molecular complexity index is 387. The minimum atomic E-state index is -0.106. The topological polar surface area (TPSA) is 70.1 Å². The maximum atomic E-state index is 11.6. The summed E-state index contributed by atoms with van der Waals surface area (Å²) < 4.78 is 7.11. The molecular formula is C11H17N3O2. The third kappa shape index (κ3) is 2.09. The van der Waals surface area contributed by atoms with Crippen molar-refractivity contribution in [2.45, 2.75) is 32.9 Å². The number of esters is 1. The lowest BCUT2D eigenvalue weighted by Crippen LogP contribution is -2.27. The smallest absolute Gasteiger partial charge is 0.309 e. The van der Waals surface area contributed by atoms with E-state index in [1.807, 2.05) is 13.1 Å². The summed E-state index contributed by atoms with van der Waals surface area (Å²) >= 11 is 0. The van der Waals surface area contributed by atoms with Crippen molar-refractivity contribution in [2.75, 3.05) is 6.61 Å². The normalized spacial score (nSPS) is 19.2. The highest BCUT2D eigenvalue weighted by Crippen LogP contribution is 2.21. The second-order valence-electron chi connectivity index (χ2n) is 3.99. The molecule has 16 heavy (non-hydrogen) atoms. The molecule has 1 aromatic heterocycles. The van der Waals surface area contributed by atoms with Crippen LogP contribution in [0.3, 0.4) is 0 Å². The molecule has 0 aromatic carbocycles. The fourth-order valence-corrected chi connectivity index (χ4v) is 2.05. The molecule has 0 radical (unpaired) electrons. The number of rotatable bonds is 3. The van der Waals surface area contributed by atoms with Gasteiger partial charge in [0.25, 0.3) is 0 Å². The molecule has 0 amide bonds. The fraction of sp³-hybridized carbons (Fsp3) is 0.636. The van der Waals surface area contributed by atoms with Gasteiger partial charge in [0.1, 0.15) is 5.82 Å². The van der Waals surface area contributed by atoms with Crippen LogP contribution in [-0.2, 0) is 29.0 Å². The Kier molecular flexibility index (Phi) is 3.24. The van der Waals surface area contributed by atoms with E-state index >= 15 is 0 Å². The van der Waals surface area contributed by atoms with Crippen LogP contribution in [0.4, 0.5) is 0 Å². The minimum Gasteiger partial charge on any atom is -0.466 e. The largest absolute Gasteiger partial charge is 0.466 e. The lowest BCUT2D eigenvalue weighted by molar-refractivity contribution is -0.148. The lowest BCUT2D eigenvalue weighted by Gasteiger charge is -2.21. The Balaban J connectivity index is 2.08. The average Bonchev–Trinajstić information content (AvgIpc) is 2.70. The van der Waals surface area contributed by atoms with Gasteiger partial charge >= 0.3 is 5.97 Å². The highest BCUT2D eigenvalue weighted by molar-refractivity contribution is 5.72. The van der Waals surface area contributed by atoms with Crippen LogP contribution < -0.4 is 5.73 Å². The van der Waals surface area contributed by atoms with Crippen LogP contribution in [0.25, 0.3) is 0 Å². The molecule has 2 N–H and O–H groups in total. The van der Waals surface area contributed by atoms with Crippen molar-refractivity contribution in [3.8, 4) is 0 Å². The van der Waals surface area contributed by atoms with Crippen molar-refractivity contribution < 1.29 is 9.53 Å². The first kappa shape index (κ1) is 11.1. The Morgan fingerprint density at radius 1 is 1.75 bits per heavy atom. The maximum absolute atomic E-state index is 11.6. The zero-order chi connectivity index (χ0) is 11.5. The molecule has 1 unspecified atom stereocenters. The van der Waals surface area contributed by atoms with Crippen LogP contribution in [-0.4, -0.2) is 22.1 Å². The number of carbonyl (C=O) groups excluding carboxylic acids is 1. The van der Waals surface area contributed by atoms with Crippen LogP contribution in [0.2, 0.25) is 0 Å². The lowest BCUT2D eigenvalue weighted by atomic mass is 9.98. The van der Waals surface area contributed by atoms with Gasteiger partial charge in [0, 0.05) is 25.7 Å². The number of imidazole rings is 1. The Hall–Kier alpha value is -1.36. The highest BCUT2D eigenvalue weighted by atomic mass is 16.5. The number of ether oxygens (including phenoxy) is 1. The predicted molar refractivity (Wildman–Crippen MR) is 58.6 cm³/mol. The molecule has 0 aliphatic carbocycles. The molecule has 0 saturated heterocycles. The highest BCUT2D eigenvalue weighted by Gasteiger charge is 2.26. The summed E-state index contributed by atoms with van der Waals surface area (Å²) in [5.74, 6) is 0.802. The number of nitrogens with zero attached hydrogens (tertiary/aromatic N) is 2. The Morgan fingerprint density at radius 2 is 2.56 bits per heavy atom. The van der Waals surface area contributed by atoms with Crippen molar-refractivity contribution >= 4 is 5.97 Å². The first-order valence-corrected chi connectivity index (χ1v) is 5.66. The molecular weight excluding hydrogens is 206 g/mol. The number of fused-ring (bicyclic) bond motifs is 1. The summed E-state index contributed by atoms with van der Waals surface area (Å²) in [7, 11) is 0. The van der Waals surface area contributed by atoms with Crippen molar-refractivity contribution in [1.29, 1.82) is 0 Å². The van der Waals surface area contributed by atoms with E-state index in [0.717, 1.165) is 24.5 Å². The quantitative estimate of drug-likeness (QED) is 0.756. The van der Waals surface area contributed by atoms with E-state index in [4.69, 9.17) is 10.5 Å². The molecule has 0 bridgehead atoms. The van der Waals surface area contributed by atoms with E-state index in [1.165, 1.54) is 0 Å². The predicted octanol–water partition coefficient (Wildman–Crippen LogP) is 0.467. The van der Waals surface area contributed by atoms with E-state index in [2.05, 4.69) is 9.55 Å². The standard InChI is InChI=1S/C11H17N3O2/c1-2-16-11(15)8-3-4-14-7-9(6-12)13-10(14)5-8/h7-8H,2-6,12H2,1H3. The molecule has 1 atom stereocenters. The third-order valence-electron chi connectivity index (χ3n) is 2.89. The van der Waals surface area contributed by atoms with Gasteiger partial charge in [-0.25, -0.2) is 4.98 Å². The van der Waals surface area contributed by atoms with Crippen LogP contribution >= 0.6 is 0 Å². The van der Waals surface area contributed by atoms with Gasteiger partial charge in [-0.3, -0.25) is 4.79 Å². The van der Waals surface area contributed by atoms with Gasteiger partial charge in [0.2, 0.25) is 0 Å². The van der Waals surface area contributed by atoms with Gasteiger partial charge in [-0.1, -0.05) is 0 Å². The van der Waals surface area contributed by atoms with Gasteiger partial charge in [0.05, 0.1) is 18.2 Å². The molecule has 0 fully saturated rings. The van der Waals surface area contributed by atoms with Crippen molar-refractivity contribution in [1.82, 2.24) is 9.55 Å². The first-order chi connectivity index (χ1) is 7.74. The molecule has 1 aromatic rings. The van der Waals surface area contributed by atoms with Gasteiger partial charge < -0.3 is 15.0 Å². The first-order valence-electron chi connectivity index (χ1n) is 5.66. The molecule has 2 rings (SSSR count). The zero-order valence-corrected chi connectivity index (χ0v) is 9.48. The van der Waals surface area contributed by atoms with Gasteiger partial charge in [-0.05, 0) is 13.3 Å². The summed E-state index contributed by atoms with van der Waals surface area (Å²) in [6.45, 7) is 3.54. The van der Waals surface area contributed by atoms with E-state index < -0.39 is 0 Å². The van der Waals surface area contributed by atoms with Crippen LogP contribution in [0, 0.1) is 5.92 Å². The maximum Gasteiger partial charge on any atom is 0.309 e. The number of hydrogen-bond acceptors (Lipinski definition) is 4. The molecule has 1 aliphatic rings. The molecule has 0 spiro atoms. The van der Waals surface area contributed by atoms with Crippen molar-refractivity contribution in [3.63, 3.8) is 0 Å². The average molecular weight is 223 g/mol. The van der Waals surface area contributed by atoms with Crippen LogP contribution in [0.5, 0.6) is 0 Å². The summed E-state index contributed by atoms with van der Waals surface area (Å²) in [4.78, 5) is 16.0. The second kappa shape index (κ2) is 4.65. The van der Waals surface area contributed by atoms with Gasteiger partial charge in [-0.15, -0.1) is 0 Å². The van der Waals surface area contributed by atoms with E-state index in [-0.39, 0.29) is 11.9 Å². The van der Waals surface area contributed by atoms with Crippen LogP contribution in [0.1, 0.15) is 24.9 Å². The Morgan fingerprint density at radius 3 is 3.25 bits per heavy atom. The fourth-order valence-electron chi connectivity index (χ4n) is 2.05. The van der Waals surface area contributed by atoms with Crippen molar-refractivity contribution in [2.24, 2.45) is 11.7 Å². The molecule has 5 heteroatoms. The number of aryl methyl sites for hydroxylation is 1. The monoisotopic (exact) mass is 223 g/mol. The number of carbonyl (C=O) groups is 1. The summed E-state index contributed by atoms with van der Waals surface area (Å²) in [6, 6.07) is 0. The van der Waals surface area contributed by atoms with Gasteiger partial charge in [-0.2, -0.15) is 0 Å².